The minimum absolute atomic E-state index is 0.0146. The lowest BCUT2D eigenvalue weighted by Crippen LogP contribution is -2.38. The highest BCUT2D eigenvalue weighted by Crippen LogP contribution is 2.32. The largest absolute Gasteiger partial charge is 0.480 e. The van der Waals surface area contributed by atoms with E-state index >= 15 is 0 Å². The molecule has 1 atom stereocenters. The number of aliphatic carboxylic acids is 1. The first-order valence-corrected chi connectivity index (χ1v) is 6.82. The van der Waals surface area contributed by atoms with Gasteiger partial charge in [-0.2, -0.15) is 5.10 Å². The molecule has 1 aromatic heterocycles. The summed E-state index contributed by atoms with van der Waals surface area (Å²) in [5.74, 6) is -0.979. The zero-order valence-corrected chi connectivity index (χ0v) is 11.6. The number of nitrogens with zero attached hydrogens (tertiary/aromatic N) is 2. The van der Waals surface area contributed by atoms with Crippen molar-refractivity contribution in [2.45, 2.75) is 32.7 Å². The second-order valence-corrected chi connectivity index (χ2v) is 5.23. The molecule has 0 spiro atoms. The Balaban J connectivity index is 2.02. The third kappa shape index (κ3) is 3.16. The van der Waals surface area contributed by atoms with E-state index in [0.717, 1.165) is 25.8 Å². The SMILES string of the molecule is CCCC1(C(=O)Nc2cnn(CC(=O)O)c2)CCNC1. The number of amides is 1. The molecule has 1 unspecified atom stereocenters. The molecule has 1 saturated heterocycles. The van der Waals surface area contributed by atoms with E-state index in [-0.39, 0.29) is 17.9 Å². The van der Waals surface area contributed by atoms with Crippen molar-refractivity contribution >= 4 is 17.6 Å². The molecule has 1 fully saturated rings. The molecule has 7 heteroatoms. The van der Waals surface area contributed by atoms with Gasteiger partial charge >= 0.3 is 5.97 Å². The Morgan fingerprint density at radius 1 is 1.60 bits per heavy atom. The van der Waals surface area contributed by atoms with Crippen LogP contribution in [0.15, 0.2) is 12.4 Å². The summed E-state index contributed by atoms with van der Waals surface area (Å²) in [7, 11) is 0. The van der Waals surface area contributed by atoms with Crippen LogP contribution < -0.4 is 10.6 Å². The van der Waals surface area contributed by atoms with Crippen LogP contribution in [-0.4, -0.2) is 39.9 Å². The zero-order chi connectivity index (χ0) is 14.6. The Morgan fingerprint density at radius 2 is 2.40 bits per heavy atom. The molecule has 7 nitrogen and oxygen atoms in total. The van der Waals surface area contributed by atoms with Crippen LogP contribution in [0.1, 0.15) is 26.2 Å². The van der Waals surface area contributed by atoms with E-state index in [9.17, 15) is 9.59 Å². The van der Waals surface area contributed by atoms with Gasteiger partial charge in [0, 0.05) is 12.7 Å². The van der Waals surface area contributed by atoms with Crippen molar-refractivity contribution < 1.29 is 14.7 Å². The summed E-state index contributed by atoms with van der Waals surface area (Å²) in [6, 6.07) is 0. The average molecular weight is 280 g/mol. The summed E-state index contributed by atoms with van der Waals surface area (Å²) in [5, 5.41) is 18.7. The highest BCUT2D eigenvalue weighted by Gasteiger charge is 2.40. The van der Waals surface area contributed by atoms with Crippen molar-refractivity contribution in [3.05, 3.63) is 12.4 Å². The van der Waals surface area contributed by atoms with Gasteiger partial charge in [0.2, 0.25) is 5.91 Å². The van der Waals surface area contributed by atoms with E-state index in [1.54, 1.807) is 0 Å². The Labute approximate surface area is 117 Å². The monoisotopic (exact) mass is 280 g/mol. The minimum Gasteiger partial charge on any atom is -0.480 e. The molecule has 2 rings (SSSR count). The molecule has 1 aliphatic rings. The average Bonchev–Trinajstić information content (AvgIpc) is 2.99. The highest BCUT2D eigenvalue weighted by atomic mass is 16.4. The van der Waals surface area contributed by atoms with Gasteiger partial charge in [-0.15, -0.1) is 0 Å². The van der Waals surface area contributed by atoms with Gasteiger partial charge in [-0.25, -0.2) is 0 Å². The lowest BCUT2D eigenvalue weighted by atomic mass is 9.81. The van der Waals surface area contributed by atoms with E-state index in [1.165, 1.54) is 17.1 Å². The van der Waals surface area contributed by atoms with Crippen LogP contribution in [0.25, 0.3) is 0 Å². The summed E-state index contributed by atoms with van der Waals surface area (Å²) >= 11 is 0. The lowest BCUT2D eigenvalue weighted by molar-refractivity contribution is -0.137. The molecule has 1 aliphatic heterocycles. The first-order chi connectivity index (χ1) is 9.55. The fraction of sp³-hybridized carbons (Fsp3) is 0.615. The normalized spacial score (nSPS) is 21.9. The van der Waals surface area contributed by atoms with Gasteiger partial charge in [-0.1, -0.05) is 13.3 Å². The van der Waals surface area contributed by atoms with Crippen molar-refractivity contribution in [3.63, 3.8) is 0 Å². The summed E-state index contributed by atoms with van der Waals surface area (Å²) in [6.07, 6.45) is 5.63. The van der Waals surface area contributed by atoms with Gasteiger partial charge in [-0.05, 0) is 19.4 Å². The molecule has 110 valence electrons. The van der Waals surface area contributed by atoms with Crippen LogP contribution in [0, 0.1) is 5.41 Å². The number of carboxylic acids is 1. The van der Waals surface area contributed by atoms with Crippen molar-refractivity contribution in [1.82, 2.24) is 15.1 Å². The molecule has 0 aromatic carbocycles. The second kappa shape index (κ2) is 6.04. The molecular formula is C13H20N4O3. The standard InChI is InChI=1S/C13H20N4O3/c1-2-3-13(4-5-14-9-13)12(20)16-10-6-15-17(7-10)8-11(18)19/h6-7,14H,2-5,8-9H2,1H3,(H,16,20)(H,18,19). The number of anilines is 1. The number of hydrogen-bond acceptors (Lipinski definition) is 4. The molecule has 20 heavy (non-hydrogen) atoms. The van der Waals surface area contributed by atoms with Crippen LogP contribution in [0.5, 0.6) is 0 Å². The van der Waals surface area contributed by atoms with Crippen molar-refractivity contribution in [3.8, 4) is 0 Å². The van der Waals surface area contributed by atoms with E-state index in [2.05, 4.69) is 22.7 Å². The molecule has 0 bridgehead atoms. The van der Waals surface area contributed by atoms with Crippen molar-refractivity contribution in [2.24, 2.45) is 5.41 Å². The van der Waals surface area contributed by atoms with Gasteiger partial charge in [0.15, 0.2) is 0 Å². The van der Waals surface area contributed by atoms with Crippen molar-refractivity contribution in [2.75, 3.05) is 18.4 Å². The first-order valence-electron chi connectivity index (χ1n) is 6.82. The smallest absolute Gasteiger partial charge is 0.325 e. The quantitative estimate of drug-likeness (QED) is 0.712. The third-order valence-electron chi connectivity index (χ3n) is 3.64. The number of hydrogen-bond donors (Lipinski definition) is 3. The van der Waals surface area contributed by atoms with Crippen LogP contribution in [0.2, 0.25) is 0 Å². The van der Waals surface area contributed by atoms with Crippen LogP contribution >= 0.6 is 0 Å². The topological polar surface area (TPSA) is 96.2 Å². The third-order valence-corrected chi connectivity index (χ3v) is 3.64. The molecule has 1 amide bonds. The summed E-state index contributed by atoms with van der Waals surface area (Å²) in [6.45, 7) is 3.40. The van der Waals surface area contributed by atoms with E-state index in [4.69, 9.17) is 5.11 Å². The maximum absolute atomic E-state index is 12.5. The second-order valence-electron chi connectivity index (χ2n) is 5.23. The lowest BCUT2D eigenvalue weighted by Gasteiger charge is -2.26. The van der Waals surface area contributed by atoms with Gasteiger partial charge in [0.05, 0.1) is 17.3 Å². The van der Waals surface area contributed by atoms with Gasteiger partial charge in [0.1, 0.15) is 6.54 Å². The number of rotatable bonds is 6. The first kappa shape index (κ1) is 14.5. The van der Waals surface area contributed by atoms with Crippen molar-refractivity contribution in [1.29, 1.82) is 0 Å². The minimum atomic E-state index is -0.964. The maximum Gasteiger partial charge on any atom is 0.325 e. The predicted molar refractivity (Wildman–Crippen MR) is 73.3 cm³/mol. The number of carbonyl (C=O) groups is 2. The summed E-state index contributed by atoms with van der Waals surface area (Å²) < 4.78 is 1.29. The highest BCUT2D eigenvalue weighted by molar-refractivity contribution is 5.95. The summed E-state index contributed by atoms with van der Waals surface area (Å²) in [4.78, 5) is 23.0. The number of carbonyl (C=O) groups excluding carboxylic acids is 1. The number of aromatic nitrogens is 2. The molecule has 0 aliphatic carbocycles. The maximum atomic E-state index is 12.5. The molecule has 2 heterocycles. The van der Waals surface area contributed by atoms with Crippen LogP contribution in [0.4, 0.5) is 5.69 Å². The molecule has 1 aromatic rings. The fourth-order valence-corrected chi connectivity index (χ4v) is 2.66. The van der Waals surface area contributed by atoms with Gasteiger partial charge < -0.3 is 15.7 Å². The Kier molecular flexibility index (Phi) is 4.39. The predicted octanol–water partition coefficient (Wildman–Crippen LogP) is 0.686. The zero-order valence-electron chi connectivity index (χ0n) is 11.6. The number of carboxylic acid groups (broad SMARTS) is 1. The van der Waals surface area contributed by atoms with Crippen LogP contribution in [-0.2, 0) is 16.1 Å². The number of nitrogens with one attached hydrogen (secondary N) is 2. The van der Waals surface area contributed by atoms with E-state index < -0.39 is 5.97 Å². The molecular weight excluding hydrogens is 260 g/mol. The molecule has 3 N–H and O–H groups in total. The summed E-state index contributed by atoms with van der Waals surface area (Å²) in [5.41, 5.74) is 0.183. The van der Waals surface area contributed by atoms with E-state index in [1.807, 2.05) is 0 Å². The fourth-order valence-electron chi connectivity index (χ4n) is 2.66. The Hall–Kier alpha value is -1.89. The molecule has 0 saturated carbocycles. The van der Waals surface area contributed by atoms with Crippen LogP contribution in [0.3, 0.4) is 0 Å². The Bertz CT molecular complexity index is 492. The van der Waals surface area contributed by atoms with Gasteiger partial charge in [-0.3, -0.25) is 14.3 Å². The van der Waals surface area contributed by atoms with E-state index in [0.29, 0.717) is 12.2 Å². The molecule has 0 radical (unpaired) electrons. The Morgan fingerprint density at radius 3 is 3.00 bits per heavy atom. The van der Waals surface area contributed by atoms with Gasteiger partial charge in [0.25, 0.3) is 0 Å².